The van der Waals surface area contributed by atoms with Crippen molar-refractivity contribution in [2.45, 2.75) is 12.8 Å². The average molecular weight is 139 g/mol. The second-order valence-electron chi connectivity index (χ2n) is 1.57. The summed E-state index contributed by atoms with van der Waals surface area (Å²) in [7, 11) is -3.41. The Morgan fingerprint density at radius 3 is 2.25 bits per heavy atom. The highest BCUT2D eigenvalue weighted by Crippen LogP contribution is 2.42. The van der Waals surface area contributed by atoms with Gasteiger partial charge in [0.2, 0.25) is 7.37 Å². The molecule has 0 aliphatic rings. The quantitative estimate of drug-likeness (QED) is 0.451. The van der Waals surface area contributed by atoms with Crippen LogP contribution in [0, 0.1) is 0 Å². The standard InChI is InChI=1S/C3H10NO3P/c1-3(5)8(6,7)2-4/h3,5H,2,4H2,1H3,(H,6,7). The highest BCUT2D eigenvalue weighted by Gasteiger charge is 2.21. The van der Waals surface area contributed by atoms with Gasteiger partial charge in [0, 0.05) is 0 Å². The first kappa shape index (κ1) is 8.11. The van der Waals surface area contributed by atoms with E-state index in [0.717, 1.165) is 0 Å². The topological polar surface area (TPSA) is 83.5 Å². The smallest absolute Gasteiger partial charge is 0.240 e. The van der Waals surface area contributed by atoms with E-state index in [1.807, 2.05) is 0 Å². The lowest BCUT2D eigenvalue weighted by molar-refractivity contribution is 0.248. The van der Waals surface area contributed by atoms with Gasteiger partial charge in [-0.05, 0) is 6.92 Å². The molecule has 2 atom stereocenters. The maximum atomic E-state index is 10.5. The Hall–Kier alpha value is 0.110. The second-order valence-corrected chi connectivity index (χ2v) is 4.19. The number of rotatable bonds is 2. The van der Waals surface area contributed by atoms with E-state index in [-0.39, 0.29) is 6.29 Å². The molecular weight excluding hydrogens is 129 g/mol. The van der Waals surface area contributed by atoms with Crippen molar-refractivity contribution in [3.8, 4) is 0 Å². The molecule has 0 amide bonds. The Balaban J connectivity index is 3.93. The van der Waals surface area contributed by atoms with Crippen LogP contribution >= 0.6 is 7.37 Å². The summed E-state index contributed by atoms with van der Waals surface area (Å²) in [6.07, 6.45) is -0.356. The third-order valence-electron chi connectivity index (χ3n) is 0.845. The van der Waals surface area contributed by atoms with Crippen molar-refractivity contribution >= 4 is 7.37 Å². The first-order valence-electron chi connectivity index (χ1n) is 2.20. The molecule has 0 saturated heterocycles. The van der Waals surface area contributed by atoms with Crippen LogP contribution in [-0.2, 0) is 4.57 Å². The summed E-state index contributed by atoms with van der Waals surface area (Å²) >= 11 is 0. The van der Waals surface area contributed by atoms with Gasteiger partial charge in [-0.3, -0.25) is 4.57 Å². The molecule has 0 aromatic heterocycles. The van der Waals surface area contributed by atoms with E-state index in [2.05, 4.69) is 0 Å². The van der Waals surface area contributed by atoms with Crippen molar-refractivity contribution in [2.75, 3.05) is 6.29 Å². The Labute approximate surface area is 47.8 Å². The van der Waals surface area contributed by atoms with E-state index in [1.165, 1.54) is 6.92 Å². The molecule has 8 heavy (non-hydrogen) atoms. The average Bonchev–Trinajstić information content (AvgIpc) is 1.67. The normalized spacial score (nSPS) is 22.0. The van der Waals surface area contributed by atoms with Crippen molar-refractivity contribution in [3.05, 3.63) is 0 Å². The van der Waals surface area contributed by atoms with Crippen LogP contribution in [0.5, 0.6) is 0 Å². The SMILES string of the molecule is CC(O)P(=O)(O)CN. The molecule has 0 fully saturated rings. The van der Waals surface area contributed by atoms with Crippen LogP contribution in [0.25, 0.3) is 0 Å². The fourth-order valence-corrected chi connectivity index (χ4v) is 0.458. The monoisotopic (exact) mass is 139 g/mol. The highest BCUT2D eigenvalue weighted by atomic mass is 31.2. The fourth-order valence-electron chi connectivity index (χ4n) is 0.153. The molecule has 0 aliphatic carbocycles. The first-order valence-corrected chi connectivity index (χ1v) is 4.11. The van der Waals surface area contributed by atoms with Crippen molar-refractivity contribution in [1.82, 2.24) is 0 Å². The number of aliphatic hydroxyl groups excluding tert-OH is 1. The predicted molar refractivity (Wildman–Crippen MR) is 30.6 cm³/mol. The molecule has 50 valence electrons. The van der Waals surface area contributed by atoms with Crippen LogP contribution in [0.1, 0.15) is 6.92 Å². The summed E-state index contributed by atoms with van der Waals surface area (Å²) in [6.45, 7) is 1.24. The summed E-state index contributed by atoms with van der Waals surface area (Å²) in [6, 6.07) is 0. The second kappa shape index (κ2) is 2.60. The van der Waals surface area contributed by atoms with Crippen LogP contribution < -0.4 is 5.73 Å². The number of nitrogens with two attached hydrogens (primary N) is 1. The molecule has 0 heterocycles. The van der Waals surface area contributed by atoms with Gasteiger partial charge < -0.3 is 15.7 Å². The van der Waals surface area contributed by atoms with Gasteiger partial charge in [-0.25, -0.2) is 0 Å². The molecular formula is C3H10NO3P. The minimum Gasteiger partial charge on any atom is -0.383 e. The Kier molecular flexibility index (Phi) is 2.63. The summed E-state index contributed by atoms with van der Waals surface area (Å²) < 4.78 is 10.5. The van der Waals surface area contributed by atoms with Crippen molar-refractivity contribution in [1.29, 1.82) is 0 Å². The van der Waals surface area contributed by atoms with Crippen LogP contribution in [0.4, 0.5) is 0 Å². The number of aliphatic hydroxyl groups is 1. The third kappa shape index (κ3) is 1.92. The maximum Gasteiger partial charge on any atom is 0.240 e. The molecule has 4 nitrogen and oxygen atoms in total. The fraction of sp³-hybridized carbons (Fsp3) is 1.00. The third-order valence-corrected chi connectivity index (χ3v) is 2.54. The Morgan fingerprint density at radius 1 is 1.88 bits per heavy atom. The van der Waals surface area contributed by atoms with Gasteiger partial charge in [-0.15, -0.1) is 0 Å². The Morgan fingerprint density at radius 2 is 2.25 bits per heavy atom. The minimum atomic E-state index is -3.41. The molecule has 0 rings (SSSR count). The Bertz CT molecular complexity index is 113. The van der Waals surface area contributed by atoms with E-state index in [1.54, 1.807) is 0 Å². The van der Waals surface area contributed by atoms with Gasteiger partial charge in [0.1, 0.15) is 5.85 Å². The zero-order valence-corrected chi connectivity index (χ0v) is 5.51. The van der Waals surface area contributed by atoms with Crippen LogP contribution in [0.2, 0.25) is 0 Å². The summed E-state index contributed by atoms with van der Waals surface area (Å²) in [4.78, 5) is 8.58. The lowest BCUT2D eigenvalue weighted by Gasteiger charge is -2.09. The molecule has 0 aromatic rings. The molecule has 0 aromatic carbocycles. The molecule has 0 aliphatic heterocycles. The molecule has 0 radical (unpaired) electrons. The van der Waals surface area contributed by atoms with Crippen LogP contribution in [0.15, 0.2) is 0 Å². The zero-order valence-electron chi connectivity index (χ0n) is 4.61. The van der Waals surface area contributed by atoms with Gasteiger partial charge in [0.15, 0.2) is 0 Å². The highest BCUT2D eigenvalue weighted by molar-refractivity contribution is 7.58. The van der Waals surface area contributed by atoms with Crippen molar-refractivity contribution in [3.63, 3.8) is 0 Å². The molecule has 5 heteroatoms. The van der Waals surface area contributed by atoms with Crippen LogP contribution in [0.3, 0.4) is 0 Å². The van der Waals surface area contributed by atoms with Gasteiger partial charge in [-0.2, -0.15) is 0 Å². The van der Waals surface area contributed by atoms with Gasteiger partial charge in [-0.1, -0.05) is 0 Å². The largest absolute Gasteiger partial charge is 0.383 e. The van der Waals surface area contributed by atoms with Crippen molar-refractivity contribution in [2.24, 2.45) is 5.73 Å². The van der Waals surface area contributed by atoms with Crippen LogP contribution in [-0.4, -0.2) is 22.1 Å². The predicted octanol–water partition coefficient (Wildman–Crippen LogP) is -0.489. The van der Waals surface area contributed by atoms with Gasteiger partial charge >= 0.3 is 0 Å². The molecule has 4 N–H and O–H groups in total. The van der Waals surface area contributed by atoms with E-state index >= 15 is 0 Å². The molecule has 0 spiro atoms. The van der Waals surface area contributed by atoms with Gasteiger partial charge in [0.05, 0.1) is 6.29 Å². The minimum absolute atomic E-state index is 0.356. The lowest BCUT2D eigenvalue weighted by atomic mass is 10.9. The number of hydrogen-bond donors (Lipinski definition) is 3. The summed E-state index contributed by atoms with van der Waals surface area (Å²) in [5, 5.41) is 8.49. The summed E-state index contributed by atoms with van der Waals surface area (Å²) in [5.41, 5.74) is 4.83. The van der Waals surface area contributed by atoms with E-state index in [4.69, 9.17) is 15.7 Å². The molecule has 0 bridgehead atoms. The maximum absolute atomic E-state index is 10.5. The van der Waals surface area contributed by atoms with E-state index < -0.39 is 13.2 Å². The van der Waals surface area contributed by atoms with Gasteiger partial charge in [0.25, 0.3) is 0 Å². The lowest BCUT2D eigenvalue weighted by Crippen LogP contribution is -2.10. The first-order chi connectivity index (χ1) is 3.50. The summed E-state index contributed by atoms with van der Waals surface area (Å²) in [5.74, 6) is -1.20. The molecule has 2 unspecified atom stereocenters. The number of hydrogen-bond acceptors (Lipinski definition) is 3. The zero-order chi connectivity index (χ0) is 6.78. The van der Waals surface area contributed by atoms with Crippen molar-refractivity contribution < 1.29 is 14.6 Å². The van der Waals surface area contributed by atoms with E-state index in [0.29, 0.717) is 0 Å². The van der Waals surface area contributed by atoms with E-state index in [9.17, 15) is 4.57 Å². The molecule has 0 saturated carbocycles.